The molecule has 1 fully saturated rings. The van der Waals surface area contributed by atoms with Gasteiger partial charge in [0.15, 0.2) is 17.7 Å². The Morgan fingerprint density at radius 2 is 1.67 bits per heavy atom. The van der Waals surface area contributed by atoms with Gasteiger partial charge in [-0.1, -0.05) is 0 Å². The molecule has 3 rings (SSSR count). The van der Waals surface area contributed by atoms with Crippen LogP contribution in [0.2, 0.25) is 0 Å². The van der Waals surface area contributed by atoms with Crippen molar-refractivity contribution in [3.05, 3.63) is 12.7 Å². The fourth-order valence-electron chi connectivity index (χ4n) is 2.62. The molecule has 0 spiro atoms. The molecule has 1 saturated heterocycles. The summed E-state index contributed by atoms with van der Waals surface area (Å²) in [5.41, 5.74) is 6.00. The number of nitrogens with two attached hydrogens (primary N) is 1. The van der Waals surface area contributed by atoms with E-state index in [4.69, 9.17) is 25.2 Å². The van der Waals surface area contributed by atoms with E-state index in [9.17, 15) is 28.8 Å². The smallest absolute Gasteiger partial charge is 1.00 e. The number of phosphoric ester groups is 1. The molecule has 23 heteroatoms. The van der Waals surface area contributed by atoms with Crippen LogP contribution >= 0.6 is 23.5 Å². The van der Waals surface area contributed by atoms with Crippen molar-refractivity contribution in [3.63, 3.8) is 0 Å². The van der Waals surface area contributed by atoms with Crippen LogP contribution in [0.15, 0.2) is 12.7 Å². The van der Waals surface area contributed by atoms with Crippen molar-refractivity contribution < 1.29 is 67.1 Å². The zero-order chi connectivity index (χ0) is 23.2. The van der Waals surface area contributed by atoms with Gasteiger partial charge in [0.1, 0.15) is 30.2 Å². The van der Waals surface area contributed by atoms with E-state index in [0.29, 0.717) is 0 Å². The van der Waals surface area contributed by atoms with Crippen LogP contribution in [0.4, 0.5) is 5.82 Å². The van der Waals surface area contributed by atoms with Crippen molar-refractivity contribution in [2.24, 2.45) is 0 Å². The second-order valence-electron chi connectivity index (χ2n) is 6.02. The Bertz CT molecular complexity index is 1130. The Balaban J connectivity index is -0.000000907. The van der Waals surface area contributed by atoms with E-state index in [1.165, 1.54) is 10.9 Å². The first kappa shape index (κ1) is 31.2. The number of anilines is 1. The fraction of sp³-hybridized carbons (Fsp3) is 0.500. The monoisotopic (exact) mass is 559 g/mol. The Hall–Kier alpha value is 0.172. The van der Waals surface area contributed by atoms with Gasteiger partial charge in [-0.15, -0.1) is 0 Å². The summed E-state index contributed by atoms with van der Waals surface area (Å²) in [4.78, 5) is 47.2. The topological polar surface area (TPSA) is 279 Å². The van der Waals surface area contributed by atoms with Gasteiger partial charge in [-0.2, -0.15) is 8.62 Å². The number of aromatic nitrogens is 4. The molecular formula is C10H20Mg2N5O13P3. The fourth-order valence-corrected chi connectivity index (χ4v) is 5.65. The molecule has 33 heavy (non-hydrogen) atoms. The summed E-state index contributed by atoms with van der Waals surface area (Å²) >= 11 is 0. The molecule has 1 aliphatic heterocycles. The Kier molecular flexibility index (Phi) is 10.9. The van der Waals surface area contributed by atoms with E-state index in [1.54, 1.807) is 0 Å². The van der Waals surface area contributed by atoms with E-state index in [0.717, 1.165) is 6.33 Å². The molecule has 0 aliphatic carbocycles. The number of imidazole rings is 1. The number of phosphoric acid groups is 3. The third kappa shape index (κ3) is 7.83. The molecular weight excluding hydrogens is 540 g/mol. The van der Waals surface area contributed by atoms with Gasteiger partial charge in [-0.3, -0.25) is 9.09 Å². The molecule has 6 atom stereocenters. The predicted octanol–water partition coefficient (Wildman–Crippen LogP) is -1.94. The third-order valence-electron chi connectivity index (χ3n) is 3.82. The zero-order valence-corrected chi connectivity index (χ0v) is 21.8. The Morgan fingerprint density at radius 1 is 1.03 bits per heavy atom. The van der Waals surface area contributed by atoms with E-state index in [-0.39, 0.29) is 68.8 Å². The van der Waals surface area contributed by atoms with Crippen LogP contribution < -0.4 is 5.73 Å². The molecule has 8 N–H and O–H groups in total. The van der Waals surface area contributed by atoms with Crippen molar-refractivity contribution in [1.82, 2.24) is 19.5 Å². The van der Waals surface area contributed by atoms with Gasteiger partial charge in [0.2, 0.25) is 0 Å². The molecule has 3 heterocycles. The quantitative estimate of drug-likeness (QED) is 0.137. The minimum Gasteiger partial charge on any atom is -1.00 e. The van der Waals surface area contributed by atoms with E-state index in [1.807, 2.05) is 0 Å². The van der Waals surface area contributed by atoms with E-state index in [2.05, 4.69) is 28.1 Å². The van der Waals surface area contributed by atoms with Crippen molar-refractivity contribution in [3.8, 4) is 0 Å². The number of hydrogen-bond donors (Lipinski definition) is 7. The van der Waals surface area contributed by atoms with Crippen LogP contribution in [-0.2, 0) is 31.6 Å². The average Bonchev–Trinajstić information content (AvgIpc) is 3.13. The number of rotatable bonds is 8. The maximum Gasteiger partial charge on any atom is 2.00 e. The van der Waals surface area contributed by atoms with Gasteiger partial charge in [-0.05, 0) is 0 Å². The molecule has 1 aliphatic rings. The predicted molar refractivity (Wildman–Crippen MR) is 111 cm³/mol. The summed E-state index contributed by atoms with van der Waals surface area (Å²) in [6.45, 7) is -0.956. The first-order chi connectivity index (χ1) is 14.2. The summed E-state index contributed by atoms with van der Waals surface area (Å²) in [6.07, 6.45) is -3.69. The molecule has 0 bridgehead atoms. The van der Waals surface area contributed by atoms with Crippen molar-refractivity contribution in [2.75, 3.05) is 12.3 Å². The summed E-state index contributed by atoms with van der Waals surface area (Å²) in [6, 6.07) is 0. The minimum absolute atomic E-state index is 0. The van der Waals surface area contributed by atoms with Gasteiger partial charge in [0.25, 0.3) is 0 Å². The zero-order valence-electron chi connectivity index (χ0n) is 20.3. The van der Waals surface area contributed by atoms with Crippen molar-refractivity contribution >= 4 is 86.6 Å². The standard InChI is InChI=1S/C10H16N5O13P3.2Mg.4H/c11-8-5-9(13-2-12-8)15(3-14-5)10-7(17)6(16)4(26-10)1-25-30(21,22)28-31(23,24)27-29(18,19)20;;;;;;/h2-4,6-7,10,16-17H,1H2,(H,21,22)(H,23,24)(H2,11,12,13)(H2,18,19,20);;;;;;/q;2*+2;4*-1/t4-,6?,7?,10-;;;;;;/m1....../s1. The largest absolute Gasteiger partial charge is 2.00 e. The maximum atomic E-state index is 11.8. The second-order valence-corrected chi connectivity index (χ2v) is 10.4. The van der Waals surface area contributed by atoms with Crippen LogP contribution in [0.1, 0.15) is 11.9 Å². The second kappa shape index (κ2) is 11.5. The number of ether oxygens (including phenoxy) is 1. The molecule has 0 amide bonds. The van der Waals surface area contributed by atoms with E-state index >= 15 is 0 Å². The first-order valence-corrected chi connectivity index (χ1v) is 12.4. The van der Waals surface area contributed by atoms with E-state index < -0.39 is 54.6 Å². The maximum absolute atomic E-state index is 11.8. The van der Waals surface area contributed by atoms with Gasteiger partial charge in [-0.25, -0.2) is 28.6 Å². The molecule has 0 saturated carbocycles. The minimum atomic E-state index is -5.70. The first-order valence-electron chi connectivity index (χ1n) is 7.92. The number of hydrogen-bond acceptors (Lipinski definition) is 13. The van der Waals surface area contributed by atoms with Gasteiger partial charge < -0.3 is 46.0 Å². The summed E-state index contributed by atoms with van der Waals surface area (Å²) in [7, 11) is -16.7. The van der Waals surface area contributed by atoms with Crippen LogP contribution in [0.5, 0.6) is 0 Å². The number of nitrogens with zero attached hydrogens (tertiary/aromatic N) is 4. The van der Waals surface area contributed by atoms with Crippen LogP contribution in [-0.4, -0.2) is 120 Å². The Labute approximate surface area is 222 Å². The molecule has 0 aromatic carbocycles. The molecule has 182 valence electrons. The van der Waals surface area contributed by atoms with Gasteiger partial charge in [0.05, 0.1) is 12.9 Å². The SMILES string of the molecule is Nc1ncnc2c1ncn2[C@@H]1O[C@H](COP(=O)(O)OP(=O)(O)OP(=O)(O)O)C(O)C1O.[H-].[H-].[H-].[H-].[Mg+2].[Mg+2]. The van der Waals surface area contributed by atoms with Crippen LogP contribution in [0, 0.1) is 0 Å². The summed E-state index contributed by atoms with van der Waals surface area (Å²) in [5.74, 6) is 0.0426. The molecule has 18 nitrogen and oxygen atoms in total. The molecule has 2 aromatic heterocycles. The number of aliphatic hydroxyl groups is 2. The average molecular weight is 560 g/mol. The normalized spacial score (nSPS) is 26.7. The van der Waals surface area contributed by atoms with Crippen molar-refractivity contribution in [2.45, 2.75) is 24.5 Å². The summed E-state index contributed by atoms with van der Waals surface area (Å²) in [5, 5.41) is 20.4. The molecule has 4 unspecified atom stereocenters. The number of fused-ring (bicyclic) bond motifs is 1. The van der Waals surface area contributed by atoms with Crippen LogP contribution in [0.25, 0.3) is 11.2 Å². The van der Waals surface area contributed by atoms with Crippen LogP contribution in [0.3, 0.4) is 0 Å². The third-order valence-corrected chi connectivity index (χ3v) is 7.62. The van der Waals surface area contributed by atoms with Crippen molar-refractivity contribution in [1.29, 1.82) is 0 Å². The number of nitrogen functional groups attached to an aromatic ring is 1. The van der Waals surface area contributed by atoms with Gasteiger partial charge in [0, 0.05) is 0 Å². The molecule has 2 aromatic rings. The van der Waals surface area contributed by atoms with Gasteiger partial charge >= 0.3 is 69.6 Å². The molecule has 0 radical (unpaired) electrons. The summed E-state index contributed by atoms with van der Waals surface area (Å²) < 4.78 is 51.9. The number of aliphatic hydroxyl groups excluding tert-OH is 2. The Morgan fingerprint density at radius 3 is 2.27 bits per heavy atom.